The van der Waals surface area contributed by atoms with E-state index in [1.165, 1.54) is 19.3 Å². The molecule has 1 aliphatic carbocycles. The van der Waals surface area contributed by atoms with Gasteiger partial charge in [-0.2, -0.15) is 0 Å². The maximum atomic E-state index is 8.65. The van der Waals surface area contributed by atoms with Crippen molar-refractivity contribution in [2.45, 2.75) is 44.0 Å². The minimum atomic E-state index is -0.289. The van der Waals surface area contributed by atoms with Crippen molar-refractivity contribution in [3.63, 3.8) is 0 Å². The third-order valence-electron chi connectivity index (χ3n) is 2.95. The lowest BCUT2D eigenvalue weighted by Gasteiger charge is -2.31. The summed E-state index contributed by atoms with van der Waals surface area (Å²) in [6.07, 6.45) is 9.41. The zero-order valence-electron chi connectivity index (χ0n) is 8.45. The van der Waals surface area contributed by atoms with Crippen LogP contribution in [0.25, 0.3) is 0 Å². The standard InChI is InChI=1S/C11H18O3/c12-8-4-5-10-9-13-11(14-10)6-2-1-3-7-11/h4-5,10,12H,1-3,6-9H2/b5-4+/t10-/m0/s1. The van der Waals surface area contributed by atoms with Gasteiger partial charge < -0.3 is 14.6 Å². The van der Waals surface area contributed by atoms with E-state index in [4.69, 9.17) is 14.6 Å². The second-order valence-electron chi connectivity index (χ2n) is 4.05. The number of ether oxygens (including phenoxy) is 2. The summed E-state index contributed by atoms with van der Waals surface area (Å²) in [7, 11) is 0. The van der Waals surface area contributed by atoms with Crippen LogP contribution in [0.4, 0.5) is 0 Å². The molecule has 80 valence electrons. The highest BCUT2D eigenvalue weighted by atomic mass is 16.7. The Hall–Kier alpha value is -0.380. The van der Waals surface area contributed by atoms with Crippen LogP contribution in [0.2, 0.25) is 0 Å². The molecule has 2 fully saturated rings. The van der Waals surface area contributed by atoms with E-state index in [0.29, 0.717) is 6.61 Å². The first kappa shape index (κ1) is 10.1. The second-order valence-corrected chi connectivity index (χ2v) is 4.05. The summed E-state index contributed by atoms with van der Waals surface area (Å²) in [6, 6.07) is 0. The first-order valence-corrected chi connectivity index (χ1v) is 5.44. The Morgan fingerprint density at radius 2 is 2.07 bits per heavy atom. The quantitative estimate of drug-likeness (QED) is 0.685. The highest BCUT2D eigenvalue weighted by Crippen LogP contribution is 2.37. The lowest BCUT2D eigenvalue weighted by atomic mass is 9.94. The van der Waals surface area contributed by atoms with Crippen molar-refractivity contribution in [1.82, 2.24) is 0 Å². The van der Waals surface area contributed by atoms with Crippen LogP contribution in [-0.2, 0) is 9.47 Å². The van der Waals surface area contributed by atoms with E-state index in [-0.39, 0.29) is 18.5 Å². The van der Waals surface area contributed by atoms with Gasteiger partial charge in [-0.3, -0.25) is 0 Å². The highest BCUT2D eigenvalue weighted by Gasteiger charge is 2.41. The number of rotatable bonds is 2. The summed E-state index contributed by atoms with van der Waals surface area (Å²) in [5.74, 6) is -0.289. The van der Waals surface area contributed by atoms with Crippen molar-refractivity contribution < 1.29 is 14.6 Å². The fraction of sp³-hybridized carbons (Fsp3) is 0.818. The number of aliphatic hydroxyl groups is 1. The third kappa shape index (κ3) is 2.16. The van der Waals surface area contributed by atoms with Crippen LogP contribution >= 0.6 is 0 Å². The number of aliphatic hydroxyl groups excluding tert-OH is 1. The molecule has 0 bridgehead atoms. The van der Waals surface area contributed by atoms with Gasteiger partial charge in [-0.25, -0.2) is 0 Å². The van der Waals surface area contributed by atoms with E-state index < -0.39 is 0 Å². The van der Waals surface area contributed by atoms with Gasteiger partial charge in [0.2, 0.25) is 0 Å². The van der Waals surface area contributed by atoms with Gasteiger partial charge in [0.25, 0.3) is 0 Å². The normalized spacial score (nSPS) is 31.6. The van der Waals surface area contributed by atoms with E-state index in [0.717, 1.165) is 12.8 Å². The zero-order valence-corrected chi connectivity index (χ0v) is 8.45. The third-order valence-corrected chi connectivity index (χ3v) is 2.95. The van der Waals surface area contributed by atoms with Gasteiger partial charge in [-0.15, -0.1) is 0 Å². The molecule has 0 aromatic heterocycles. The smallest absolute Gasteiger partial charge is 0.169 e. The van der Waals surface area contributed by atoms with Gasteiger partial charge in [0.05, 0.1) is 13.2 Å². The Kier molecular flexibility index (Phi) is 3.21. The monoisotopic (exact) mass is 198 g/mol. The van der Waals surface area contributed by atoms with E-state index in [1.807, 2.05) is 6.08 Å². The molecule has 1 N–H and O–H groups in total. The lowest BCUT2D eigenvalue weighted by molar-refractivity contribution is -0.182. The minimum Gasteiger partial charge on any atom is -0.392 e. The van der Waals surface area contributed by atoms with Crippen molar-refractivity contribution in [3.8, 4) is 0 Å². The number of hydrogen-bond acceptors (Lipinski definition) is 3. The summed E-state index contributed by atoms with van der Waals surface area (Å²) in [4.78, 5) is 0. The molecular weight excluding hydrogens is 180 g/mol. The molecule has 1 saturated heterocycles. The van der Waals surface area contributed by atoms with Gasteiger partial charge in [-0.1, -0.05) is 18.6 Å². The van der Waals surface area contributed by atoms with Crippen LogP contribution in [0.1, 0.15) is 32.1 Å². The molecule has 1 saturated carbocycles. The van der Waals surface area contributed by atoms with E-state index >= 15 is 0 Å². The summed E-state index contributed by atoms with van der Waals surface area (Å²) in [5, 5.41) is 8.65. The molecule has 3 nitrogen and oxygen atoms in total. The van der Waals surface area contributed by atoms with Crippen molar-refractivity contribution in [2.75, 3.05) is 13.2 Å². The molecule has 1 heterocycles. The summed E-state index contributed by atoms with van der Waals surface area (Å²) in [6.45, 7) is 0.712. The number of hydrogen-bond donors (Lipinski definition) is 1. The van der Waals surface area contributed by atoms with Crippen LogP contribution in [0.15, 0.2) is 12.2 Å². The van der Waals surface area contributed by atoms with Crippen LogP contribution in [0.3, 0.4) is 0 Å². The molecule has 14 heavy (non-hydrogen) atoms. The average Bonchev–Trinajstić information content (AvgIpc) is 2.60. The topological polar surface area (TPSA) is 38.7 Å². The maximum absolute atomic E-state index is 8.65. The molecule has 3 heteroatoms. The summed E-state index contributed by atoms with van der Waals surface area (Å²) < 4.78 is 11.6. The van der Waals surface area contributed by atoms with E-state index in [1.54, 1.807) is 6.08 Å². The van der Waals surface area contributed by atoms with Gasteiger partial charge in [-0.05, 0) is 12.8 Å². The maximum Gasteiger partial charge on any atom is 0.169 e. The van der Waals surface area contributed by atoms with Crippen LogP contribution in [-0.4, -0.2) is 30.2 Å². The molecule has 2 aliphatic rings. The van der Waals surface area contributed by atoms with Gasteiger partial charge in [0, 0.05) is 12.8 Å². The second kappa shape index (κ2) is 4.43. The Morgan fingerprint density at radius 1 is 1.29 bits per heavy atom. The predicted octanol–water partition coefficient (Wildman–Crippen LogP) is 1.61. The SMILES string of the molecule is OC/C=C/[C@H]1COC2(CCCCC2)O1. The van der Waals surface area contributed by atoms with Gasteiger partial charge in [0.1, 0.15) is 6.10 Å². The molecule has 0 amide bonds. The highest BCUT2D eigenvalue weighted by molar-refractivity contribution is 4.94. The van der Waals surface area contributed by atoms with Crippen LogP contribution in [0, 0.1) is 0 Å². The van der Waals surface area contributed by atoms with Crippen molar-refractivity contribution in [3.05, 3.63) is 12.2 Å². The predicted molar refractivity (Wildman–Crippen MR) is 52.9 cm³/mol. The minimum absolute atomic E-state index is 0.0419. The van der Waals surface area contributed by atoms with Crippen LogP contribution < -0.4 is 0 Å². The zero-order chi connectivity index (χ0) is 9.86. The Labute approximate surface area is 84.7 Å². The largest absolute Gasteiger partial charge is 0.392 e. The molecule has 0 aromatic carbocycles. The Morgan fingerprint density at radius 3 is 2.79 bits per heavy atom. The first-order chi connectivity index (χ1) is 6.85. The first-order valence-electron chi connectivity index (χ1n) is 5.44. The Bertz CT molecular complexity index is 207. The lowest BCUT2D eigenvalue weighted by Crippen LogP contribution is -2.33. The van der Waals surface area contributed by atoms with Crippen molar-refractivity contribution in [1.29, 1.82) is 0 Å². The Balaban J connectivity index is 1.89. The molecule has 1 spiro atoms. The fourth-order valence-electron chi connectivity index (χ4n) is 2.24. The molecule has 0 aromatic rings. The molecule has 2 rings (SSSR count). The fourth-order valence-corrected chi connectivity index (χ4v) is 2.24. The molecule has 0 unspecified atom stereocenters. The van der Waals surface area contributed by atoms with E-state index in [9.17, 15) is 0 Å². The van der Waals surface area contributed by atoms with Crippen molar-refractivity contribution in [2.24, 2.45) is 0 Å². The molecule has 1 atom stereocenters. The van der Waals surface area contributed by atoms with Gasteiger partial charge in [0.15, 0.2) is 5.79 Å². The van der Waals surface area contributed by atoms with Crippen LogP contribution in [0.5, 0.6) is 0 Å². The van der Waals surface area contributed by atoms with E-state index in [2.05, 4.69) is 0 Å². The molecule has 1 aliphatic heterocycles. The summed E-state index contributed by atoms with van der Waals surface area (Å²) in [5.41, 5.74) is 0. The molecule has 0 radical (unpaired) electrons. The summed E-state index contributed by atoms with van der Waals surface area (Å²) >= 11 is 0. The molecular formula is C11H18O3. The average molecular weight is 198 g/mol. The van der Waals surface area contributed by atoms with Crippen molar-refractivity contribution >= 4 is 0 Å². The van der Waals surface area contributed by atoms with Gasteiger partial charge >= 0.3 is 0 Å².